The predicted octanol–water partition coefficient (Wildman–Crippen LogP) is 5.84. The third-order valence-electron chi connectivity index (χ3n) is 5.57. The van der Waals surface area contributed by atoms with Gasteiger partial charge in [-0.2, -0.15) is 0 Å². The number of hydrogen-bond donors (Lipinski definition) is 3. The summed E-state index contributed by atoms with van der Waals surface area (Å²) in [6.07, 6.45) is 0. The highest BCUT2D eigenvalue weighted by molar-refractivity contribution is 6.09. The second kappa shape index (κ2) is 10.4. The van der Waals surface area contributed by atoms with Gasteiger partial charge >= 0.3 is 0 Å². The van der Waals surface area contributed by atoms with Crippen LogP contribution in [-0.4, -0.2) is 11.8 Å². The number of benzene rings is 4. The SMILES string of the molecule is Cc1ccc(-c2cc(F)c(F)c(F)c2C(=O)Nc2cccc(C(=O)NCc3ccc(N)cc3)c2)cc1. The van der Waals surface area contributed by atoms with Crippen molar-refractivity contribution < 1.29 is 22.8 Å². The van der Waals surface area contributed by atoms with Crippen LogP contribution in [0.25, 0.3) is 11.1 Å². The van der Waals surface area contributed by atoms with Crippen LogP contribution < -0.4 is 16.4 Å². The van der Waals surface area contributed by atoms with Crippen LogP contribution in [0, 0.1) is 24.4 Å². The molecule has 0 aliphatic rings. The molecule has 0 aliphatic heterocycles. The average molecular weight is 489 g/mol. The summed E-state index contributed by atoms with van der Waals surface area (Å²) in [5.74, 6) is -6.13. The number of hydrogen-bond acceptors (Lipinski definition) is 3. The van der Waals surface area contributed by atoms with E-state index < -0.39 is 34.8 Å². The number of amides is 2. The lowest BCUT2D eigenvalue weighted by molar-refractivity contribution is 0.0949. The molecule has 0 spiro atoms. The van der Waals surface area contributed by atoms with Crippen LogP contribution in [0.5, 0.6) is 0 Å². The molecule has 0 saturated carbocycles. The Morgan fingerprint density at radius 1 is 0.833 bits per heavy atom. The van der Waals surface area contributed by atoms with E-state index in [1.807, 2.05) is 6.92 Å². The van der Waals surface area contributed by atoms with Gasteiger partial charge in [0.1, 0.15) is 0 Å². The molecule has 0 fully saturated rings. The number of anilines is 2. The molecule has 0 bridgehead atoms. The van der Waals surface area contributed by atoms with Crippen molar-refractivity contribution in [3.8, 4) is 11.1 Å². The van der Waals surface area contributed by atoms with Crippen LogP contribution in [0.4, 0.5) is 24.5 Å². The molecule has 182 valence electrons. The van der Waals surface area contributed by atoms with E-state index in [0.29, 0.717) is 11.3 Å². The summed E-state index contributed by atoms with van der Waals surface area (Å²) in [5.41, 5.74) is 8.05. The number of nitrogen functional groups attached to an aromatic ring is 1. The van der Waals surface area contributed by atoms with Gasteiger partial charge in [-0.15, -0.1) is 0 Å². The number of nitrogens with two attached hydrogens (primary N) is 1. The Hall–Kier alpha value is -4.59. The Balaban J connectivity index is 1.57. The van der Waals surface area contributed by atoms with Gasteiger partial charge in [0.2, 0.25) is 0 Å². The van der Waals surface area contributed by atoms with Crippen LogP contribution in [0.3, 0.4) is 0 Å². The summed E-state index contributed by atoms with van der Waals surface area (Å²) >= 11 is 0. The summed E-state index contributed by atoms with van der Waals surface area (Å²) < 4.78 is 42.9. The third-order valence-corrected chi connectivity index (χ3v) is 5.57. The maximum Gasteiger partial charge on any atom is 0.259 e. The van der Waals surface area contributed by atoms with E-state index in [2.05, 4.69) is 10.6 Å². The molecule has 0 radical (unpaired) electrons. The highest BCUT2D eigenvalue weighted by atomic mass is 19.2. The van der Waals surface area contributed by atoms with Crippen molar-refractivity contribution >= 4 is 23.2 Å². The Bertz CT molecular complexity index is 1440. The molecule has 4 aromatic carbocycles. The molecule has 0 atom stereocenters. The molecule has 0 unspecified atom stereocenters. The molecule has 2 amide bonds. The molecule has 8 heteroatoms. The molecule has 0 aromatic heterocycles. The topological polar surface area (TPSA) is 84.2 Å². The quantitative estimate of drug-likeness (QED) is 0.235. The molecular weight excluding hydrogens is 467 g/mol. The van der Waals surface area contributed by atoms with Crippen LogP contribution in [0.2, 0.25) is 0 Å². The van der Waals surface area contributed by atoms with Gasteiger partial charge in [0.15, 0.2) is 17.5 Å². The minimum absolute atomic E-state index is 0.0960. The summed E-state index contributed by atoms with van der Waals surface area (Å²) in [6, 6.07) is 20.4. The van der Waals surface area contributed by atoms with Gasteiger partial charge in [-0.1, -0.05) is 48.0 Å². The molecule has 0 aliphatic carbocycles. The van der Waals surface area contributed by atoms with Crippen molar-refractivity contribution in [2.75, 3.05) is 11.1 Å². The van der Waals surface area contributed by atoms with E-state index in [0.717, 1.165) is 17.2 Å². The van der Waals surface area contributed by atoms with E-state index >= 15 is 0 Å². The lowest BCUT2D eigenvalue weighted by atomic mass is 9.97. The lowest BCUT2D eigenvalue weighted by Crippen LogP contribution is -2.23. The van der Waals surface area contributed by atoms with Crippen molar-refractivity contribution in [3.05, 3.63) is 119 Å². The fourth-order valence-electron chi connectivity index (χ4n) is 3.63. The van der Waals surface area contributed by atoms with E-state index in [1.54, 1.807) is 54.6 Å². The minimum atomic E-state index is -1.74. The van der Waals surface area contributed by atoms with Crippen molar-refractivity contribution in [1.29, 1.82) is 0 Å². The first-order chi connectivity index (χ1) is 17.2. The number of rotatable bonds is 6. The smallest absolute Gasteiger partial charge is 0.259 e. The molecule has 4 aromatic rings. The fraction of sp³-hybridized carbons (Fsp3) is 0.0714. The molecule has 0 saturated heterocycles. The summed E-state index contributed by atoms with van der Waals surface area (Å²) in [5, 5.41) is 5.24. The molecule has 4 rings (SSSR count). The summed E-state index contributed by atoms with van der Waals surface area (Å²) in [6.45, 7) is 2.10. The van der Waals surface area contributed by atoms with E-state index in [9.17, 15) is 22.8 Å². The molecule has 36 heavy (non-hydrogen) atoms. The van der Waals surface area contributed by atoms with E-state index in [1.165, 1.54) is 18.2 Å². The van der Waals surface area contributed by atoms with Crippen LogP contribution in [0.15, 0.2) is 78.9 Å². The molecule has 5 nitrogen and oxygen atoms in total. The average Bonchev–Trinajstić information content (AvgIpc) is 2.87. The first kappa shape index (κ1) is 24.5. The third kappa shape index (κ3) is 5.38. The van der Waals surface area contributed by atoms with Crippen molar-refractivity contribution in [2.45, 2.75) is 13.5 Å². The van der Waals surface area contributed by atoms with Crippen LogP contribution in [0.1, 0.15) is 31.8 Å². The summed E-state index contributed by atoms with van der Waals surface area (Å²) in [4.78, 5) is 25.6. The van der Waals surface area contributed by atoms with E-state index in [4.69, 9.17) is 5.73 Å². The lowest BCUT2D eigenvalue weighted by Gasteiger charge is -2.14. The van der Waals surface area contributed by atoms with Crippen molar-refractivity contribution in [1.82, 2.24) is 5.32 Å². The first-order valence-corrected chi connectivity index (χ1v) is 11.0. The number of carbonyl (C=O) groups excluding carboxylic acids is 2. The van der Waals surface area contributed by atoms with Gasteiger partial charge in [0.05, 0.1) is 5.56 Å². The predicted molar refractivity (Wildman–Crippen MR) is 133 cm³/mol. The monoisotopic (exact) mass is 489 g/mol. The van der Waals surface area contributed by atoms with Gasteiger partial charge in [0, 0.05) is 29.0 Å². The number of carbonyl (C=O) groups is 2. The minimum Gasteiger partial charge on any atom is -0.399 e. The largest absolute Gasteiger partial charge is 0.399 e. The van der Waals surface area contributed by atoms with Gasteiger partial charge in [-0.05, 0) is 54.4 Å². The Kier molecular flexibility index (Phi) is 7.05. The second-order valence-electron chi connectivity index (χ2n) is 8.23. The Morgan fingerprint density at radius 2 is 1.53 bits per heavy atom. The van der Waals surface area contributed by atoms with Gasteiger partial charge < -0.3 is 16.4 Å². The normalized spacial score (nSPS) is 10.7. The number of nitrogens with one attached hydrogen (secondary N) is 2. The fourth-order valence-corrected chi connectivity index (χ4v) is 3.63. The Labute approximate surface area is 205 Å². The van der Waals surface area contributed by atoms with Gasteiger partial charge in [0.25, 0.3) is 11.8 Å². The van der Waals surface area contributed by atoms with Gasteiger partial charge in [-0.25, -0.2) is 13.2 Å². The first-order valence-electron chi connectivity index (χ1n) is 11.0. The maximum atomic E-state index is 14.8. The highest BCUT2D eigenvalue weighted by Gasteiger charge is 2.25. The second-order valence-corrected chi connectivity index (χ2v) is 8.23. The van der Waals surface area contributed by atoms with Crippen molar-refractivity contribution in [2.24, 2.45) is 0 Å². The van der Waals surface area contributed by atoms with Crippen molar-refractivity contribution in [3.63, 3.8) is 0 Å². The standard InChI is InChI=1S/C28H22F3N3O2/c1-16-5-9-18(10-6-16)22-14-23(29)25(30)26(31)24(22)28(36)34-21-4-2-3-19(13-21)27(35)33-15-17-7-11-20(32)12-8-17/h2-14H,15,32H2,1H3,(H,33,35)(H,34,36). The molecule has 0 heterocycles. The van der Waals surface area contributed by atoms with E-state index in [-0.39, 0.29) is 23.4 Å². The summed E-state index contributed by atoms with van der Waals surface area (Å²) in [7, 11) is 0. The van der Waals surface area contributed by atoms with Crippen LogP contribution >= 0.6 is 0 Å². The maximum absolute atomic E-state index is 14.8. The zero-order chi connectivity index (χ0) is 25.8. The number of halogens is 3. The molecular formula is C28H22F3N3O2. The zero-order valence-corrected chi connectivity index (χ0v) is 19.2. The van der Waals surface area contributed by atoms with Crippen LogP contribution in [-0.2, 0) is 6.54 Å². The molecule has 4 N–H and O–H groups in total. The van der Waals surface area contributed by atoms with Gasteiger partial charge in [-0.3, -0.25) is 9.59 Å². The Morgan fingerprint density at radius 3 is 2.22 bits per heavy atom. The highest BCUT2D eigenvalue weighted by Crippen LogP contribution is 2.30. The zero-order valence-electron chi connectivity index (χ0n) is 19.2. The number of aryl methyl sites for hydroxylation is 1.